The minimum absolute atomic E-state index is 0.0209. The zero-order valence-electron chi connectivity index (χ0n) is 16.6. The third kappa shape index (κ3) is 4.00. The molecule has 1 atom stereocenters. The predicted molar refractivity (Wildman–Crippen MR) is 107 cm³/mol. The number of likely N-dealkylation sites (tertiary alicyclic amines) is 1. The first-order valence-electron chi connectivity index (χ1n) is 9.17. The van der Waals surface area contributed by atoms with E-state index >= 15 is 0 Å². The molecule has 1 aliphatic heterocycles. The van der Waals surface area contributed by atoms with Gasteiger partial charge in [0.05, 0.1) is 18.7 Å². The van der Waals surface area contributed by atoms with Crippen molar-refractivity contribution in [3.05, 3.63) is 71.0 Å². The van der Waals surface area contributed by atoms with Crippen molar-refractivity contribution in [3.63, 3.8) is 0 Å². The molecule has 0 radical (unpaired) electrons. The van der Waals surface area contributed by atoms with E-state index in [0.717, 1.165) is 6.07 Å². The Morgan fingerprint density at radius 2 is 1.86 bits per heavy atom. The molecule has 1 saturated heterocycles. The number of amides is 1. The molecule has 0 saturated carbocycles. The van der Waals surface area contributed by atoms with E-state index in [1.54, 1.807) is 24.3 Å². The Kier molecular flexibility index (Phi) is 5.98. The topological polar surface area (TPSA) is 70.1 Å². The van der Waals surface area contributed by atoms with Gasteiger partial charge < -0.3 is 19.6 Å². The van der Waals surface area contributed by atoms with Crippen LogP contribution in [-0.4, -0.2) is 60.9 Å². The smallest absolute Gasteiger partial charge is 0.295 e. The summed E-state index contributed by atoms with van der Waals surface area (Å²) in [5.41, 5.74) is 0.750. The number of methoxy groups -OCH3 is 1. The lowest BCUT2D eigenvalue weighted by molar-refractivity contribution is -0.140. The summed E-state index contributed by atoms with van der Waals surface area (Å²) in [4.78, 5) is 28.9. The molecule has 1 heterocycles. The Bertz CT molecular complexity index is 957. The quantitative estimate of drug-likeness (QED) is 0.460. The fraction of sp³-hybridized carbons (Fsp3) is 0.273. The minimum atomic E-state index is -0.786. The van der Waals surface area contributed by atoms with E-state index in [0.29, 0.717) is 18.7 Å². The molecule has 0 aliphatic carbocycles. The summed E-state index contributed by atoms with van der Waals surface area (Å²) in [6.07, 6.45) is 0. The van der Waals surface area contributed by atoms with Gasteiger partial charge in [0.25, 0.3) is 11.7 Å². The molecular formula is C22H23FN2O4. The highest BCUT2D eigenvalue weighted by Gasteiger charge is 2.45. The fourth-order valence-electron chi connectivity index (χ4n) is 3.37. The normalized spacial score (nSPS) is 18.5. The SMILES string of the molecule is COc1ccc(C(O)=C2C(=O)C(=O)N(CCN(C)C)[C@@H]2c2ccccc2)cc1F. The number of carbonyl (C=O) groups excluding carboxylic acids is 2. The number of carbonyl (C=O) groups is 2. The van der Waals surface area contributed by atoms with Crippen molar-refractivity contribution < 1.29 is 23.8 Å². The van der Waals surface area contributed by atoms with Crippen LogP contribution in [0.15, 0.2) is 54.1 Å². The van der Waals surface area contributed by atoms with Crippen molar-refractivity contribution in [1.82, 2.24) is 9.80 Å². The molecule has 1 N–H and O–H groups in total. The van der Waals surface area contributed by atoms with Crippen molar-refractivity contribution in [3.8, 4) is 5.75 Å². The van der Waals surface area contributed by atoms with E-state index in [2.05, 4.69) is 0 Å². The number of benzene rings is 2. The number of halogens is 1. The van der Waals surface area contributed by atoms with E-state index in [-0.39, 0.29) is 16.9 Å². The van der Waals surface area contributed by atoms with Crippen molar-refractivity contribution >= 4 is 17.4 Å². The molecule has 0 spiro atoms. The Morgan fingerprint density at radius 1 is 1.17 bits per heavy atom. The number of aliphatic hydroxyl groups excluding tert-OH is 1. The van der Waals surface area contributed by atoms with Crippen molar-refractivity contribution in [1.29, 1.82) is 0 Å². The van der Waals surface area contributed by atoms with Crippen LogP contribution in [0.4, 0.5) is 4.39 Å². The number of rotatable bonds is 6. The average molecular weight is 398 g/mol. The summed E-state index contributed by atoms with van der Waals surface area (Å²) in [6.45, 7) is 0.860. The van der Waals surface area contributed by atoms with Crippen LogP contribution in [0, 0.1) is 5.82 Å². The maximum Gasteiger partial charge on any atom is 0.295 e. The predicted octanol–water partition coefficient (Wildman–Crippen LogP) is 2.82. The van der Waals surface area contributed by atoms with Gasteiger partial charge in [0.2, 0.25) is 0 Å². The third-order valence-corrected chi connectivity index (χ3v) is 4.87. The molecule has 6 nitrogen and oxygen atoms in total. The van der Waals surface area contributed by atoms with Gasteiger partial charge in [-0.05, 0) is 37.9 Å². The van der Waals surface area contributed by atoms with E-state index in [1.807, 2.05) is 25.1 Å². The molecule has 1 aliphatic rings. The molecule has 29 heavy (non-hydrogen) atoms. The maximum absolute atomic E-state index is 14.2. The van der Waals surface area contributed by atoms with Gasteiger partial charge in [-0.2, -0.15) is 0 Å². The first-order valence-corrected chi connectivity index (χ1v) is 9.17. The van der Waals surface area contributed by atoms with E-state index < -0.39 is 29.3 Å². The number of likely N-dealkylation sites (N-methyl/N-ethyl adjacent to an activating group) is 1. The second kappa shape index (κ2) is 8.45. The van der Waals surface area contributed by atoms with Crippen LogP contribution in [0.2, 0.25) is 0 Å². The van der Waals surface area contributed by atoms with Gasteiger partial charge in [0.1, 0.15) is 5.76 Å². The lowest BCUT2D eigenvalue weighted by Gasteiger charge is -2.26. The molecule has 1 amide bonds. The van der Waals surface area contributed by atoms with Gasteiger partial charge in [-0.3, -0.25) is 9.59 Å². The Labute approximate surface area is 168 Å². The fourth-order valence-corrected chi connectivity index (χ4v) is 3.37. The number of aliphatic hydroxyl groups is 1. The van der Waals surface area contributed by atoms with Gasteiger partial charge in [0.15, 0.2) is 11.6 Å². The number of hydrogen-bond acceptors (Lipinski definition) is 5. The van der Waals surface area contributed by atoms with Crippen LogP contribution in [0.1, 0.15) is 17.2 Å². The summed E-state index contributed by atoms with van der Waals surface area (Å²) >= 11 is 0. The molecule has 1 fully saturated rings. The van der Waals surface area contributed by atoms with Crippen molar-refractivity contribution in [2.75, 3.05) is 34.3 Å². The minimum Gasteiger partial charge on any atom is -0.507 e. The zero-order chi connectivity index (χ0) is 21.1. The first-order chi connectivity index (χ1) is 13.8. The second-order valence-electron chi connectivity index (χ2n) is 7.06. The lowest BCUT2D eigenvalue weighted by atomic mass is 9.95. The standard InChI is InChI=1S/C22H23FN2O4/c1-24(2)11-12-25-19(14-7-5-4-6-8-14)18(21(27)22(25)28)20(26)15-9-10-17(29-3)16(23)13-15/h4-10,13,19,26H,11-12H2,1-3H3/t19-/m1/s1. The van der Waals surface area contributed by atoms with Crippen molar-refractivity contribution in [2.24, 2.45) is 0 Å². The second-order valence-corrected chi connectivity index (χ2v) is 7.06. The monoisotopic (exact) mass is 398 g/mol. The van der Waals surface area contributed by atoms with Crippen LogP contribution < -0.4 is 4.74 Å². The van der Waals surface area contributed by atoms with Crippen LogP contribution in [0.25, 0.3) is 5.76 Å². The average Bonchev–Trinajstić information content (AvgIpc) is 2.97. The lowest BCUT2D eigenvalue weighted by Crippen LogP contribution is -2.35. The number of ketones is 1. The number of ether oxygens (including phenoxy) is 1. The van der Waals surface area contributed by atoms with Crippen LogP contribution in [0.3, 0.4) is 0 Å². The van der Waals surface area contributed by atoms with Gasteiger partial charge in [-0.25, -0.2) is 4.39 Å². The molecule has 152 valence electrons. The van der Waals surface area contributed by atoms with Gasteiger partial charge in [-0.1, -0.05) is 30.3 Å². The molecule has 2 aromatic carbocycles. The highest BCUT2D eigenvalue weighted by atomic mass is 19.1. The molecular weight excluding hydrogens is 375 g/mol. The van der Waals surface area contributed by atoms with Gasteiger partial charge in [0, 0.05) is 18.7 Å². The third-order valence-electron chi connectivity index (χ3n) is 4.87. The molecule has 0 unspecified atom stereocenters. The molecule has 3 rings (SSSR count). The Hall–Kier alpha value is -3.19. The largest absolute Gasteiger partial charge is 0.507 e. The van der Waals surface area contributed by atoms with Gasteiger partial charge >= 0.3 is 0 Å². The highest BCUT2D eigenvalue weighted by Crippen LogP contribution is 2.39. The van der Waals surface area contributed by atoms with E-state index in [9.17, 15) is 19.1 Å². The number of hydrogen-bond donors (Lipinski definition) is 1. The summed E-state index contributed by atoms with van der Waals surface area (Å²) in [5.74, 6) is -2.53. The summed E-state index contributed by atoms with van der Waals surface area (Å²) < 4.78 is 19.1. The first kappa shape index (κ1) is 20.5. The number of nitrogens with zero attached hydrogens (tertiary/aromatic N) is 2. The molecule has 0 bridgehead atoms. The van der Waals surface area contributed by atoms with E-state index in [4.69, 9.17) is 4.74 Å². The summed E-state index contributed by atoms with van der Waals surface area (Å²) in [6, 6.07) is 12.2. The van der Waals surface area contributed by atoms with Crippen LogP contribution >= 0.6 is 0 Å². The Balaban J connectivity index is 2.13. The van der Waals surface area contributed by atoms with Crippen molar-refractivity contribution in [2.45, 2.75) is 6.04 Å². The Morgan fingerprint density at radius 3 is 2.45 bits per heavy atom. The van der Waals surface area contributed by atoms with Crippen LogP contribution in [-0.2, 0) is 9.59 Å². The summed E-state index contributed by atoms with van der Waals surface area (Å²) in [5, 5.41) is 10.9. The summed E-state index contributed by atoms with van der Waals surface area (Å²) in [7, 11) is 5.08. The highest BCUT2D eigenvalue weighted by molar-refractivity contribution is 6.46. The molecule has 2 aromatic rings. The van der Waals surface area contributed by atoms with Crippen LogP contribution in [0.5, 0.6) is 5.75 Å². The number of Topliss-reactive ketones (excluding diaryl/α,β-unsaturated/α-hetero) is 1. The maximum atomic E-state index is 14.2. The zero-order valence-corrected chi connectivity index (χ0v) is 16.6. The van der Waals surface area contributed by atoms with E-state index in [1.165, 1.54) is 24.1 Å². The van der Waals surface area contributed by atoms with Gasteiger partial charge in [-0.15, -0.1) is 0 Å². The molecule has 0 aromatic heterocycles. The molecule has 7 heteroatoms.